The van der Waals surface area contributed by atoms with Crippen molar-refractivity contribution >= 4 is 11.8 Å². The first-order chi connectivity index (χ1) is 8.59. The van der Waals surface area contributed by atoms with Crippen molar-refractivity contribution < 1.29 is 9.59 Å². The van der Waals surface area contributed by atoms with Gasteiger partial charge in [0.05, 0.1) is 6.54 Å². The van der Waals surface area contributed by atoms with Crippen LogP contribution in [0.2, 0.25) is 0 Å². The molecule has 0 aliphatic carbocycles. The number of rotatable bonds is 7. The molecule has 18 heavy (non-hydrogen) atoms. The third-order valence-corrected chi connectivity index (χ3v) is 3.03. The average Bonchev–Trinajstić information content (AvgIpc) is 2.85. The zero-order chi connectivity index (χ0) is 13.4. The molecule has 1 saturated heterocycles. The summed E-state index contributed by atoms with van der Waals surface area (Å²) in [5.74, 6) is 0.00857. The van der Waals surface area contributed by atoms with Gasteiger partial charge in [-0.05, 0) is 25.8 Å². The average molecular weight is 255 g/mol. The highest BCUT2D eigenvalue weighted by molar-refractivity contribution is 5.84. The first kappa shape index (κ1) is 15.0. The third kappa shape index (κ3) is 6.00. The van der Waals surface area contributed by atoms with E-state index in [4.69, 9.17) is 0 Å². The summed E-state index contributed by atoms with van der Waals surface area (Å²) in [5.41, 5.74) is 0. The van der Waals surface area contributed by atoms with Crippen LogP contribution in [0.5, 0.6) is 0 Å². The minimum Gasteiger partial charge on any atom is -0.347 e. The Labute approximate surface area is 109 Å². The Bertz CT molecular complexity index is 273. The molecular weight excluding hydrogens is 230 g/mol. The van der Waals surface area contributed by atoms with E-state index < -0.39 is 0 Å². The van der Waals surface area contributed by atoms with Gasteiger partial charge in [0.25, 0.3) is 0 Å². The number of hydrogen-bond acceptors (Lipinski definition) is 3. The molecule has 0 unspecified atom stereocenters. The summed E-state index contributed by atoms with van der Waals surface area (Å²) in [6.45, 7) is 6.82. The molecule has 1 aliphatic heterocycles. The van der Waals surface area contributed by atoms with E-state index in [0.717, 1.165) is 38.9 Å². The number of carbonyl (C=O) groups is 2. The molecule has 0 radical (unpaired) electrons. The highest BCUT2D eigenvalue weighted by atomic mass is 16.2. The smallest absolute Gasteiger partial charge is 0.241 e. The van der Waals surface area contributed by atoms with E-state index >= 15 is 0 Å². The molecule has 2 amide bonds. The largest absolute Gasteiger partial charge is 0.347 e. The lowest BCUT2D eigenvalue weighted by Gasteiger charge is -2.15. The van der Waals surface area contributed by atoms with Gasteiger partial charge in [-0.1, -0.05) is 13.8 Å². The second-order valence-corrected chi connectivity index (χ2v) is 5.08. The Hall–Kier alpha value is -1.10. The standard InChI is InChI=1S/C13H25N3O2/c1-11(2)14-7-5-6-12(17)15-10-13(18)16-8-3-4-9-16/h11,14H,3-10H2,1-2H3,(H,15,17). The van der Waals surface area contributed by atoms with Crippen molar-refractivity contribution in [3.63, 3.8) is 0 Å². The fourth-order valence-electron chi connectivity index (χ4n) is 1.98. The van der Waals surface area contributed by atoms with Gasteiger partial charge >= 0.3 is 0 Å². The summed E-state index contributed by atoms with van der Waals surface area (Å²) in [6, 6.07) is 0.449. The van der Waals surface area contributed by atoms with Gasteiger partial charge in [0.1, 0.15) is 0 Å². The maximum absolute atomic E-state index is 11.7. The molecule has 5 nitrogen and oxygen atoms in total. The van der Waals surface area contributed by atoms with Crippen LogP contribution in [0.25, 0.3) is 0 Å². The predicted molar refractivity (Wildman–Crippen MR) is 71.2 cm³/mol. The molecule has 0 saturated carbocycles. The summed E-state index contributed by atoms with van der Waals surface area (Å²) in [7, 11) is 0. The molecule has 2 N–H and O–H groups in total. The summed E-state index contributed by atoms with van der Waals surface area (Å²) in [4.78, 5) is 25.0. The fraction of sp³-hybridized carbons (Fsp3) is 0.846. The second kappa shape index (κ2) is 8.08. The minimum absolute atomic E-state index is 0.0342. The molecule has 0 atom stereocenters. The molecule has 1 rings (SSSR count). The molecule has 0 spiro atoms. The summed E-state index contributed by atoms with van der Waals surface area (Å²) in [6.07, 6.45) is 3.45. The van der Waals surface area contributed by atoms with Gasteiger partial charge in [0.2, 0.25) is 11.8 Å². The van der Waals surface area contributed by atoms with Crippen LogP contribution in [0.3, 0.4) is 0 Å². The Morgan fingerprint density at radius 1 is 1.22 bits per heavy atom. The molecule has 1 fully saturated rings. The SMILES string of the molecule is CC(C)NCCCC(=O)NCC(=O)N1CCCC1. The molecule has 1 aliphatic rings. The van der Waals surface area contributed by atoms with Crippen LogP contribution < -0.4 is 10.6 Å². The van der Waals surface area contributed by atoms with Crippen molar-refractivity contribution in [2.45, 2.75) is 45.6 Å². The van der Waals surface area contributed by atoms with Crippen molar-refractivity contribution in [2.24, 2.45) is 0 Å². The highest BCUT2D eigenvalue weighted by Crippen LogP contribution is 2.06. The Morgan fingerprint density at radius 2 is 1.89 bits per heavy atom. The van der Waals surface area contributed by atoms with Gasteiger partial charge in [0, 0.05) is 25.6 Å². The monoisotopic (exact) mass is 255 g/mol. The number of likely N-dealkylation sites (tertiary alicyclic amines) is 1. The van der Waals surface area contributed by atoms with Crippen LogP contribution >= 0.6 is 0 Å². The highest BCUT2D eigenvalue weighted by Gasteiger charge is 2.17. The number of carbonyl (C=O) groups excluding carboxylic acids is 2. The molecule has 0 aromatic rings. The van der Waals surface area contributed by atoms with E-state index in [1.807, 2.05) is 4.90 Å². The maximum atomic E-state index is 11.7. The molecule has 0 aromatic heterocycles. The van der Waals surface area contributed by atoms with E-state index in [-0.39, 0.29) is 18.4 Å². The van der Waals surface area contributed by atoms with Crippen LogP contribution in [-0.2, 0) is 9.59 Å². The van der Waals surface area contributed by atoms with Crippen LogP contribution in [0.15, 0.2) is 0 Å². The van der Waals surface area contributed by atoms with Gasteiger partial charge in [-0.2, -0.15) is 0 Å². The van der Waals surface area contributed by atoms with Gasteiger partial charge in [-0.25, -0.2) is 0 Å². The van der Waals surface area contributed by atoms with Crippen LogP contribution in [0, 0.1) is 0 Å². The lowest BCUT2D eigenvalue weighted by Crippen LogP contribution is -2.38. The number of amides is 2. The molecule has 1 heterocycles. The molecule has 0 bridgehead atoms. The van der Waals surface area contributed by atoms with Crippen LogP contribution in [0.4, 0.5) is 0 Å². The normalized spacial score (nSPS) is 15.2. The number of hydrogen-bond donors (Lipinski definition) is 2. The summed E-state index contributed by atoms with van der Waals surface area (Å²) >= 11 is 0. The fourth-order valence-corrected chi connectivity index (χ4v) is 1.98. The van der Waals surface area contributed by atoms with Crippen molar-refractivity contribution in [3.05, 3.63) is 0 Å². The second-order valence-electron chi connectivity index (χ2n) is 5.08. The Balaban J connectivity index is 2.03. The van der Waals surface area contributed by atoms with Crippen LogP contribution in [0.1, 0.15) is 39.5 Å². The van der Waals surface area contributed by atoms with E-state index in [0.29, 0.717) is 12.5 Å². The maximum Gasteiger partial charge on any atom is 0.241 e. The molecule has 0 aromatic carbocycles. The quantitative estimate of drug-likeness (QED) is 0.651. The van der Waals surface area contributed by atoms with E-state index in [1.54, 1.807) is 0 Å². The molecule has 5 heteroatoms. The van der Waals surface area contributed by atoms with E-state index in [2.05, 4.69) is 24.5 Å². The Morgan fingerprint density at radius 3 is 2.50 bits per heavy atom. The zero-order valence-electron chi connectivity index (χ0n) is 11.5. The summed E-state index contributed by atoms with van der Waals surface area (Å²) in [5, 5.41) is 5.94. The third-order valence-electron chi connectivity index (χ3n) is 3.03. The lowest BCUT2D eigenvalue weighted by molar-refractivity contribution is -0.132. The van der Waals surface area contributed by atoms with Gasteiger partial charge < -0.3 is 15.5 Å². The lowest BCUT2D eigenvalue weighted by atomic mass is 10.2. The van der Waals surface area contributed by atoms with Gasteiger partial charge in [-0.3, -0.25) is 9.59 Å². The number of nitrogens with zero attached hydrogens (tertiary/aromatic N) is 1. The first-order valence-corrected chi connectivity index (χ1v) is 6.87. The van der Waals surface area contributed by atoms with Gasteiger partial charge in [0.15, 0.2) is 0 Å². The van der Waals surface area contributed by atoms with E-state index in [1.165, 1.54) is 0 Å². The minimum atomic E-state index is -0.0342. The van der Waals surface area contributed by atoms with Crippen LogP contribution in [-0.4, -0.2) is 48.9 Å². The zero-order valence-corrected chi connectivity index (χ0v) is 11.5. The van der Waals surface area contributed by atoms with Crippen molar-refractivity contribution in [1.29, 1.82) is 0 Å². The van der Waals surface area contributed by atoms with Gasteiger partial charge in [-0.15, -0.1) is 0 Å². The van der Waals surface area contributed by atoms with Crippen molar-refractivity contribution in [1.82, 2.24) is 15.5 Å². The summed E-state index contributed by atoms with van der Waals surface area (Å²) < 4.78 is 0. The first-order valence-electron chi connectivity index (χ1n) is 6.87. The van der Waals surface area contributed by atoms with Crippen molar-refractivity contribution in [3.8, 4) is 0 Å². The number of nitrogens with one attached hydrogen (secondary N) is 2. The molecule has 104 valence electrons. The predicted octanol–water partition coefficient (Wildman–Crippen LogP) is 0.503. The Kier molecular flexibility index (Phi) is 6.72. The topological polar surface area (TPSA) is 61.4 Å². The molecular formula is C13H25N3O2. The van der Waals surface area contributed by atoms with E-state index in [9.17, 15) is 9.59 Å². The van der Waals surface area contributed by atoms with Crippen molar-refractivity contribution in [2.75, 3.05) is 26.2 Å².